The summed E-state index contributed by atoms with van der Waals surface area (Å²) in [4.78, 5) is 28.7. The average molecular weight is 418 g/mol. The number of nitrogens with zero attached hydrogens (tertiary/aromatic N) is 1. The van der Waals surface area contributed by atoms with Crippen LogP contribution in [0.2, 0.25) is 0 Å². The van der Waals surface area contributed by atoms with Gasteiger partial charge in [-0.3, -0.25) is 9.59 Å². The van der Waals surface area contributed by atoms with Gasteiger partial charge < -0.3 is 20.3 Å². The van der Waals surface area contributed by atoms with Gasteiger partial charge in [-0.25, -0.2) is 0 Å². The molecule has 0 aliphatic heterocycles. The van der Waals surface area contributed by atoms with Gasteiger partial charge in [0.15, 0.2) is 0 Å². The minimum Gasteiger partial charge on any atom is -0.494 e. The number of ether oxygens (including phenoxy) is 1. The van der Waals surface area contributed by atoms with Crippen molar-refractivity contribution >= 4 is 23.2 Å². The molecule has 2 amide bonds. The number of nitrogens with one attached hydrogen (secondary N) is 2. The van der Waals surface area contributed by atoms with E-state index in [4.69, 9.17) is 4.74 Å². The van der Waals surface area contributed by atoms with Crippen LogP contribution in [0.5, 0.6) is 5.75 Å². The summed E-state index contributed by atoms with van der Waals surface area (Å²) in [5, 5.41) is 7.91. The van der Waals surface area contributed by atoms with Crippen LogP contribution in [0.3, 0.4) is 0 Å². The Hall–Kier alpha value is -2.38. The minimum atomic E-state index is -0.611. The van der Waals surface area contributed by atoms with E-state index in [2.05, 4.69) is 21.6 Å². The Morgan fingerprint density at radius 2 is 1.83 bits per heavy atom. The number of carbonyl (C=O) groups is 2. The first kappa shape index (κ1) is 22.9. The second-order valence-corrected chi connectivity index (χ2v) is 8.37. The van der Waals surface area contributed by atoms with Crippen molar-refractivity contribution in [3.8, 4) is 5.75 Å². The van der Waals surface area contributed by atoms with Crippen molar-refractivity contribution in [2.45, 2.75) is 32.9 Å². The fourth-order valence-corrected chi connectivity index (χ4v) is 3.88. The fraction of sp³-hybridized carbons (Fsp3) is 0.455. The first-order valence-corrected chi connectivity index (χ1v) is 10.7. The number of benzene rings is 1. The first-order chi connectivity index (χ1) is 13.8. The van der Waals surface area contributed by atoms with Crippen LogP contribution in [0.15, 0.2) is 41.8 Å². The summed E-state index contributed by atoms with van der Waals surface area (Å²) in [6.45, 7) is 6.80. The summed E-state index contributed by atoms with van der Waals surface area (Å²) in [5.74, 6) is 0.221. The molecule has 1 aromatic heterocycles. The molecule has 2 aromatic rings. The minimum absolute atomic E-state index is 0.0406. The van der Waals surface area contributed by atoms with Gasteiger partial charge in [0.2, 0.25) is 5.91 Å². The summed E-state index contributed by atoms with van der Waals surface area (Å²) in [6, 6.07) is 10.5. The molecule has 0 saturated heterocycles. The largest absolute Gasteiger partial charge is 0.494 e. The van der Waals surface area contributed by atoms with E-state index in [1.54, 1.807) is 35.6 Å². The second-order valence-electron chi connectivity index (χ2n) is 7.39. The molecule has 0 fully saturated rings. The van der Waals surface area contributed by atoms with Crippen LogP contribution in [0.1, 0.15) is 42.0 Å². The third-order valence-electron chi connectivity index (χ3n) is 4.63. The Labute approximate surface area is 177 Å². The molecule has 0 unspecified atom stereocenters. The number of amides is 2. The molecular weight excluding hydrogens is 386 g/mol. The van der Waals surface area contributed by atoms with Crippen molar-refractivity contribution in [3.63, 3.8) is 0 Å². The second kappa shape index (κ2) is 11.0. The maximum absolute atomic E-state index is 12.8. The van der Waals surface area contributed by atoms with E-state index in [1.165, 1.54) is 4.88 Å². The van der Waals surface area contributed by atoms with Crippen LogP contribution >= 0.6 is 11.3 Å². The molecule has 0 spiro atoms. The lowest BCUT2D eigenvalue weighted by Gasteiger charge is -2.26. The third kappa shape index (κ3) is 6.58. The number of rotatable bonds is 10. The van der Waals surface area contributed by atoms with Gasteiger partial charge in [-0.2, -0.15) is 0 Å². The van der Waals surface area contributed by atoms with E-state index >= 15 is 0 Å². The normalized spacial score (nSPS) is 13.2. The van der Waals surface area contributed by atoms with E-state index in [0.717, 1.165) is 0 Å². The van der Waals surface area contributed by atoms with Gasteiger partial charge in [-0.15, -0.1) is 11.3 Å². The highest BCUT2D eigenvalue weighted by Gasteiger charge is 2.26. The summed E-state index contributed by atoms with van der Waals surface area (Å²) in [6.07, 6.45) is 0. The number of carbonyl (C=O) groups excluding carboxylic acids is 2. The molecule has 2 N–H and O–H groups in total. The van der Waals surface area contributed by atoms with E-state index in [0.29, 0.717) is 24.5 Å². The van der Waals surface area contributed by atoms with Crippen molar-refractivity contribution in [2.75, 3.05) is 27.2 Å². The lowest BCUT2D eigenvalue weighted by Crippen LogP contribution is -2.50. The van der Waals surface area contributed by atoms with Crippen molar-refractivity contribution in [2.24, 2.45) is 5.92 Å². The Morgan fingerprint density at radius 1 is 1.14 bits per heavy atom. The predicted molar refractivity (Wildman–Crippen MR) is 117 cm³/mol. The Bertz CT molecular complexity index is 773. The molecule has 6 nitrogen and oxygen atoms in total. The zero-order valence-corrected chi connectivity index (χ0v) is 18.6. The van der Waals surface area contributed by atoms with Crippen LogP contribution in [0.4, 0.5) is 0 Å². The Kier molecular flexibility index (Phi) is 8.67. The quantitative estimate of drug-likeness (QED) is 0.622. The molecule has 0 radical (unpaired) electrons. The van der Waals surface area contributed by atoms with Crippen LogP contribution < -0.4 is 15.4 Å². The van der Waals surface area contributed by atoms with E-state index in [9.17, 15) is 9.59 Å². The highest BCUT2D eigenvalue weighted by Crippen LogP contribution is 2.22. The number of hydrogen-bond acceptors (Lipinski definition) is 5. The maximum Gasteiger partial charge on any atom is 0.251 e. The van der Waals surface area contributed by atoms with Gasteiger partial charge in [0.25, 0.3) is 5.91 Å². The standard InChI is InChI=1S/C22H31N3O3S/c1-6-28-17-11-9-16(10-12-17)21(26)24-20(15(2)3)22(27)23-14-18(25(4)5)19-8-7-13-29-19/h7-13,15,18,20H,6,14H2,1-5H3,(H,23,27)(H,24,26)/t18-,20+/m0/s1. The number of hydrogen-bond donors (Lipinski definition) is 2. The molecule has 2 rings (SSSR count). The molecule has 0 aliphatic carbocycles. The summed E-state index contributed by atoms with van der Waals surface area (Å²) in [7, 11) is 3.98. The van der Waals surface area contributed by atoms with E-state index < -0.39 is 6.04 Å². The van der Waals surface area contributed by atoms with Crippen LogP contribution in [-0.2, 0) is 4.79 Å². The summed E-state index contributed by atoms with van der Waals surface area (Å²) in [5.41, 5.74) is 0.497. The van der Waals surface area contributed by atoms with E-state index in [1.807, 2.05) is 46.3 Å². The highest BCUT2D eigenvalue weighted by molar-refractivity contribution is 7.10. The average Bonchev–Trinajstić information content (AvgIpc) is 3.20. The Morgan fingerprint density at radius 3 is 2.34 bits per heavy atom. The lowest BCUT2D eigenvalue weighted by molar-refractivity contribution is -0.124. The molecule has 7 heteroatoms. The lowest BCUT2D eigenvalue weighted by atomic mass is 10.0. The highest BCUT2D eigenvalue weighted by atomic mass is 32.1. The molecule has 2 atom stereocenters. The van der Waals surface area contributed by atoms with Crippen LogP contribution in [0.25, 0.3) is 0 Å². The maximum atomic E-state index is 12.8. The van der Waals surface area contributed by atoms with Crippen molar-refractivity contribution < 1.29 is 14.3 Å². The van der Waals surface area contributed by atoms with Crippen LogP contribution in [-0.4, -0.2) is 50.0 Å². The molecule has 1 heterocycles. The molecule has 1 aromatic carbocycles. The summed E-state index contributed by atoms with van der Waals surface area (Å²) < 4.78 is 5.40. The third-order valence-corrected chi connectivity index (χ3v) is 5.60. The van der Waals surface area contributed by atoms with Crippen molar-refractivity contribution in [1.82, 2.24) is 15.5 Å². The van der Waals surface area contributed by atoms with Gasteiger partial charge in [-0.1, -0.05) is 19.9 Å². The zero-order valence-electron chi connectivity index (χ0n) is 17.8. The first-order valence-electron chi connectivity index (χ1n) is 9.84. The van der Waals surface area contributed by atoms with Gasteiger partial charge in [0.05, 0.1) is 12.6 Å². The number of thiophene rings is 1. The molecular formula is C22H31N3O3S. The van der Waals surface area contributed by atoms with Crippen molar-refractivity contribution in [1.29, 1.82) is 0 Å². The van der Waals surface area contributed by atoms with Gasteiger partial charge in [0, 0.05) is 17.0 Å². The van der Waals surface area contributed by atoms with Crippen molar-refractivity contribution in [3.05, 3.63) is 52.2 Å². The van der Waals surface area contributed by atoms with E-state index in [-0.39, 0.29) is 23.8 Å². The zero-order chi connectivity index (χ0) is 21.4. The number of likely N-dealkylation sites (N-methyl/N-ethyl adjacent to an activating group) is 1. The fourth-order valence-electron chi connectivity index (χ4n) is 2.95. The summed E-state index contributed by atoms with van der Waals surface area (Å²) >= 11 is 1.67. The molecule has 29 heavy (non-hydrogen) atoms. The van der Waals surface area contributed by atoms with Gasteiger partial charge >= 0.3 is 0 Å². The molecule has 0 saturated carbocycles. The van der Waals surface area contributed by atoms with Crippen LogP contribution in [0, 0.1) is 5.92 Å². The molecule has 158 valence electrons. The topological polar surface area (TPSA) is 70.7 Å². The molecule has 0 aliphatic rings. The predicted octanol–water partition coefficient (Wildman–Crippen LogP) is 3.32. The SMILES string of the molecule is CCOc1ccc(C(=O)N[C@@H](C(=O)NC[C@@H](c2cccs2)N(C)C)C(C)C)cc1. The van der Waals surface area contributed by atoms with Gasteiger partial charge in [0.1, 0.15) is 11.8 Å². The van der Waals surface area contributed by atoms with Gasteiger partial charge in [-0.05, 0) is 62.6 Å². The smallest absolute Gasteiger partial charge is 0.251 e. The Balaban J connectivity index is 2.00. The molecule has 0 bridgehead atoms. The monoisotopic (exact) mass is 417 g/mol.